The maximum absolute atomic E-state index is 6.42. The second kappa shape index (κ2) is 6.75. The number of ether oxygens (including phenoxy) is 1. The molecule has 0 saturated carbocycles. The first kappa shape index (κ1) is 15.9. The van der Waals surface area contributed by atoms with Gasteiger partial charge in [0.15, 0.2) is 0 Å². The van der Waals surface area contributed by atoms with Crippen LogP contribution in [0.3, 0.4) is 0 Å². The molecule has 3 atom stereocenters. The Hall–Kier alpha value is -1.55. The van der Waals surface area contributed by atoms with E-state index in [1.165, 1.54) is 11.1 Å². The van der Waals surface area contributed by atoms with Gasteiger partial charge in [-0.1, -0.05) is 48.0 Å². The first-order chi connectivity index (χ1) is 11.7. The predicted molar refractivity (Wildman–Crippen MR) is 97.5 cm³/mol. The fourth-order valence-corrected chi connectivity index (χ4v) is 4.20. The van der Waals surface area contributed by atoms with Gasteiger partial charge < -0.3 is 10.5 Å². The molecule has 0 bridgehead atoms. The molecule has 1 fully saturated rings. The lowest BCUT2D eigenvalue weighted by atomic mass is 10.0. The second-order valence-corrected chi connectivity index (χ2v) is 7.24. The molecule has 2 aromatic rings. The maximum atomic E-state index is 6.42. The molecule has 1 aliphatic heterocycles. The molecule has 1 saturated heterocycles. The van der Waals surface area contributed by atoms with Crippen LogP contribution in [0.15, 0.2) is 48.5 Å². The van der Waals surface area contributed by atoms with Crippen molar-refractivity contribution in [1.29, 1.82) is 0 Å². The fourth-order valence-electron chi connectivity index (χ4n) is 4.02. The molecule has 2 N–H and O–H groups in total. The van der Waals surface area contributed by atoms with Gasteiger partial charge in [-0.2, -0.15) is 0 Å². The first-order valence-electron chi connectivity index (χ1n) is 8.71. The van der Waals surface area contributed by atoms with Crippen LogP contribution in [-0.2, 0) is 6.42 Å². The third-order valence-corrected chi connectivity index (χ3v) is 5.50. The lowest BCUT2D eigenvalue weighted by molar-refractivity contribution is 0.0594. The van der Waals surface area contributed by atoms with Crippen molar-refractivity contribution >= 4 is 11.6 Å². The van der Waals surface area contributed by atoms with Crippen LogP contribution in [0.2, 0.25) is 5.02 Å². The molecule has 3 nitrogen and oxygen atoms in total. The molecule has 0 unspecified atom stereocenters. The number of benzene rings is 2. The molecule has 126 valence electrons. The van der Waals surface area contributed by atoms with Gasteiger partial charge in [0, 0.05) is 12.6 Å². The van der Waals surface area contributed by atoms with Gasteiger partial charge in [-0.15, -0.1) is 0 Å². The highest BCUT2D eigenvalue weighted by Crippen LogP contribution is 2.40. The van der Waals surface area contributed by atoms with Crippen LogP contribution in [0.25, 0.3) is 0 Å². The Labute approximate surface area is 148 Å². The summed E-state index contributed by atoms with van der Waals surface area (Å²) >= 11 is 6.33. The number of rotatable bonds is 3. The minimum absolute atomic E-state index is 0.00593. The van der Waals surface area contributed by atoms with Gasteiger partial charge in [-0.3, -0.25) is 4.90 Å². The van der Waals surface area contributed by atoms with Gasteiger partial charge in [0.25, 0.3) is 0 Å². The van der Waals surface area contributed by atoms with E-state index in [9.17, 15) is 0 Å². The lowest BCUT2D eigenvalue weighted by Gasteiger charge is -2.38. The topological polar surface area (TPSA) is 38.5 Å². The molecule has 0 spiro atoms. The summed E-state index contributed by atoms with van der Waals surface area (Å²) < 4.78 is 6.42. The number of nitrogens with two attached hydrogens (primary N) is 1. The van der Waals surface area contributed by atoms with E-state index in [4.69, 9.17) is 22.1 Å². The molecule has 1 heterocycles. The number of hydrogen-bond acceptors (Lipinski definition) is 3. The summed E-state index contributed by atoms with van der Waals surface area (Å²) in [6.45, 7) is 2.04. The average molecular weight is 343 g/mol. The van der Waals surface area contributed by atoms with Crippen molar-refractivity contribution < 1.29 is 4.74 Å². The van der Waals surface area contributed by atoms with Crippen molar-refractivity contribution in [2.45, 2.75) is 37.5 Å². The van der Waals surface area contributed by atoms with Crippen LogP contribution in [0, 0.1) is 0 Å². The van der Waals surface area contributed by atoms with Gasteiger partial charge in [-0.25, -0.2) is 0 Å². The Morgan fingerprint density at radius 2 is 1.88 bits per heavy atom. The van der Waals surface area contributed by atoms with Crippen LogP contribution >= 0.6 is 11.6 Å². The number of fused-ring (bicyclic) bond motifs is 1. The quantitative estimate of drug-likeness (QED) is 0.921. The molecule has 1 aliphatic carbocycles. The zero-order valence-electron chi connectivity index (χ0n) is 13.7. The number of hydrogen-bond donors (Lipinski definition) is 1. The third kappa shape index (κ3) is 3.04. The van der Waals surface area contributed by atoms with E-state index in [1.54, 1.807) is 0 Å². The molecule has 2 aliphatic rings. The van der Waals surface area contributed by atoms with Gasteiger partial charge in [0.1, 0.15) is 11.9 Å². The Balaban J connectivity index is 1.65. The Morgan fingerprint density at radius 3 is 2.71 bits per heavy atom. The number of para-hydroxylation sites is 1. The Kier molecular flexibility index (Phi) is 4.49. The molecule has 4 heteroatoms. The molecular weight excluding hydrogens is 320 g/mol. The molecular formula is C20H23ClN2O. The average Bonchev–Trinajstić information content (AvgIpc) is 2.96. The molecule has 0 aromatic heterocycles. The van der Waals surface area contributed by atoms with Crippen LogP contribution in [0.4, 0.5) is 0 Å². The van der Waals surface area contributed by atoms with E-state index in [0.29, 0.717) is 11.1 Å². The van der Waals surface area contributed by atoms with Gasteiger partial charge >= 0.3 is 0 Å². The van der Waals surface area contributed by atoms with Crippen LogP contribution in [0.5, 0.6) is 5.75 Å². The van der Waals surface area contributed by atoms with Crippen LogP contribution in [-0.4, -0.2) is 30.1 Å². The highest BCUT2D eigenvalue weighted by molar-refractivity contribution is 6.32. The van der Waals surface area contributed by atoms with Crippen molar-refractivity contribution in [2.24, 2.45) is 5.73 Å². The number of piperidine rings is 1. The standard InChI is InChI=1S/C20H23ClN2O/c21-17-9-3-4-10-19(17)24-20-16-8-2-1-6-14(16)12-18(20)23-11-5-7-15(22)13-23/h1-4,6,8-10,15,18,20H,5,7,11-13,22H2/t15-,18-,20-/m1/s1. The minimum Gasteiger partial charge on any atom is -0.483 e. The molecule has 24 heavy (non-hydrogen) atoms. The number of halogens is 1. The summed E-state index contributed by atoms with van der Waals surface area (Å²) in [7, 11) is 0. The van der Waals surface area contributed by atoms with Crippen LogP contribution in [0.1, 0.15) is 30.1 Å². The van der Waals surface area contributed by atoms with Crippen molar-refractivity contribution in [2.75, 3.05) is 13.1 Å². The molecule has 4 rings (SSSR count). The lowest BCUT2D eigenvalue weighted by Crippen LogP contribution is -2.49. The molecule has 0 radical (unpaired) electrons. The molecule has 2 aromatic carbocycles. The Morgan fingerprint density at radius 1 is 1.08 bits per heavy atom. The maximum Gasteiger partial charge on any atom is 0.140 e. The minimum atomic E-state index is 0.00593. The van der Waals surface area contributed by atoms with E-state index in [-0.39, 0.29) is 12.1 Å². The van der Waals surface area contributed by atoms with Gasteiger partial charge in [0.05, 0.1) is 11.1 Å². The van der Waals surface area contributed by atoms with Crippen LogP contribution < -0.4 is 10.5 Å². The van der Waals surface area contributed by atoms with E-state index in [1.807, 2.05) is 24.3 Å². The number of nitrogens with zero attached hydrogens (tertiary/aromatic N) is 1. The fraction of sp³-hybridized carbons (Fsp3) is 0.400. The normalized spacial score (nSPS) is 27.0. The van der Waals surface area contributed by atoms with Gasteiger partial charge in [0.2, 0.25) is 0 Å². The third-order valence-electron chi connectivity index (χ3n) is 5.19. The second-order valence-electron chi connectivity index (χ2n) is 6.84. The van der Waals surface area contributed by atoms with E-state index in [2.05, 4.69) is 29.2 Å². The number of likely N-dealkylation sites (tertiary alicyclic amines) is 1. The predicted octanol–water partition coefficient (Wildman–Crippen LogP) is 3.81. The first-order valence-corrected chi connectivity index (χ1v) is 9.09. The summed E-state index contributed by atoms with van der Waals surface area (Å²) in [6, 6.07) is 16.9. The summed E-state index contributed by atoms with van der Waals surface area (Å²) in [5, 5.41) is 0.663. The molecule has 0 amide bonds. The van der Waals surface area contributed by atoms with E-state index < -0.39 is 0 Å². The van der Waals surface area contributed by atoms with Crippen molar-refractivity contribution in [3.63, 3.8) is 0 Å². The van der Waals surface area contributed by atoms with Crippen molar-refractivity contribution in [3.05, 3.63) is 64.7 Å². The van der Waals surface area contributed by atoms with E-state index >= 15 is 0 Å². The van der Waals surface area contributed by atoms with Gasteiger partial charge in [-0.05, 0) is 49.1 Å². The summed E-state index contributed by atoms with van der Waals surface area (Å²) in [5.41, 5.74) is 8.87. The van der Waals surface area contributed by atoms with Crippen molar-refractivity contribution in [1.82, 2.24) is 4.90 Å². The summed E-state index contributed by atoms with van der Waals surface area (Å²) in [4.78, 5) is 2.51. The van der Waals surface area contributed by atoms with Crippen molar-refractivity contribution in [3.8, 4) is 5.75 Å². The smallest absolute Gasteiger partial charge is 0.140 e. The zero-order valence-corrected chi connectivity index (χ0v) is 14.5. The largest absolute Gasteiger partial charge is 0.483 e. The monoisotopic (exact) mass is 342 g/mol. The summed E-state index contributed by atoms with van der Waals surface area (Å²) in [5.74, 6) is 0.757. The van der Waals surface area contributed by atoms with E-state index in [0.717, 1.165) is 38.1 Å². The Bertz CT molecular complexity index is 720. The SMILES string of the molecule is N[C@@H]1CCCN([C@@H]2Cc3ccccc3[C@H]2Oc2ccccc2Cl)C1. The highest BCUT2D eigenvalue weighted by atomic mass is 35.5. The summed E-state index contributed by atoms with van der Waals surface area (Å²) in [6.07, 6.45) is 3.29. The highest BCUT2D eigenvalue weighted by Gasteiger charge is 2.39. The zero-order chi connectivity index (χ0) is 16.5.